The molecule has 120 valence electrons. The molecule has 0 radical (unpaired) electrons. The quantitative estimate of drug-likeness (QED) is 0.698. The van der Waals surface area contributed by atoms with Crippen LogP contribution in [0, 0.1) is 6.92 Å². The highest BCUT2D eigenvalue weighted by molar-refractivity contribution is 7.89. The fraction of sp³-hybridized carbons (Fsp3) is 0.769. The fourth-order valence-electron chi connectivity index (χ4n) is 2.51. The van der Waals surface area contributed by atoms with Crippen LogP contribution in [0.5, 0.6) is 0 Å². The average Bonchev–Trinajstić information content (AvgIpc) is 2.81. The first kappa shape index (κ1) is 16.4. The van der Waals surface area contributed by atoms with E-state index in [0.717, 1.165) is 43.7 Å². The van der Waals surface area contributed by atoms with Crippen LogP contribution >= 0.6 is 0 Å². The van der Waals surface area contributed by atoms with Gasteiger partial charge in [0.1, 0.15) is 0 Å². The van der Waals surface area contributed by atoms with E-state index in [1.165, 1.54) is 0 Å². The number of nitrogens with one attached hydrogen (secondary N) is 3. The lowest BCUT2D eigenvalue weighted by molar-refractivity contribution is 0.248. The van der Waals surface area contributed by atoms with Crippen molar-refractivity contribution in [2.24, 2.45) is 0 Å². The van der Waals surface area contributed by atoms with E-state index in [2.05, 4.69) is 32.2 Å². The number of sulfonamides is 1. The van der Waals surface area contributed by atoms with Crippen LogP contribution in [0.2, 0.25) is 0 Å². The summed E-state index contributed by atoms with van der Waals surface area (Å²) < 4.78 is 27.9. The van der Waals surface area contributed by atoms with Crippen molar-refractivity contribution in [3.05, 3.63) is 11.3 Å². The average molecular weight is 315 g/mol. The zero-order valence-corrected chi connectivity index (χ0v) is 13.8. The summed E-state index contributed by atoms with van der Waals surface area (Å²) in [5, 5.41) is 10.1. The van der Waals surface area contributed by atoms with Crippen LogP contribution in [0.1, 0.15) is 31.0 Å². The molecule has 1 aromatic rings. The second-order valence-corrected chi connectivity index (χ2v) is 7.24. The van der Waals surface area contributed by atoms with Gasteiger partial charge in [-0.3, -0.25) is 5.10 Å². The van der Waals surface area contributed by atoms with E-state index < -0.39 is 10.0 Å². The highest BCUT2D eigenvalue weighted by Crippen LogP contribution is 2.18. The molecule has 1 aliphatic rings. The van der Waals surface area contributed by atoms with Gasteiger partial charge in [0.2, 0.25) is 0 Å². The fourth-order valence-corrected chi connectivity index (χ4v) is 4.01. The molecule has 0 bridgehead atoms. The molecule has 3 N–H and O–H groups in total. The van der Waals surface area contributed by atoms with Crippen LogP contribution in [-0.4, -0.2) is 56.2 Å². The van der Waals surface area contributed by atoms with Crippen molar-refractivity contribution in [2.45, 2.75) is 44.3 Å². The number of piperidine rings is 1. The largest absolute Gasteiger partial charge is 0.313 e. The summed E-state index contributed by atoms with van der Waals surface area (Å²) in [5.41, 5.74) is 1.51. The van der Waals surface area contributed by atoms with E-state index in [9.17, 15) is 8.42 Å². The van der Waals surface area contributed by atoms with Gasteiger partial charge in [-0.25, -0.2) is 13.1 Å². The number of likely N-dealkylation sites (tertiary alicyclic amines) is 1. The van der Waals surface area contributed by atoms with Gasteiger partial charge < -0.3 is 10.2 Å². The Hall–Kier alpha value is -0.960. The van der Waals surface area contributed by atoms with E-state index in [0.29, 0.717) is 6.54 Å². The molecule has 1 fully saturated rings. The topological polar surface area (TPSA) is 90.1 Å². The van der Waals surface area contributed by atoms with Gasteiger partial charge in [-0.1, -0.05) is 6.92 Å². The number of aromatic amines is 1. The molecule has 2 rings (SSSR count). The van der Waals surface area contributed by atoms with Crippen LogP contribution < -0.4 is 10.0 Å². The Morgan fingerprint density at radius 1 is 1.38 bits per heavy atom. The Labute approximate surface area is 126 Å². The molecule has 0 saturated carbocycles. The molecule has 1 aromatic heterocycles. The lowest BCUT2D eigenvalue weighted by Gasteiger charge is -2.29. The second-order valence-electron chi connectivity index (χ2n) is 5.61. The van der Waals surface area contributed by atoms with Crippen molar-refractivity contribution in [1.29, 1.82) is 0 Å². The van der Waals surface area contributed by atoms with E-state index >= 15 is 0 Å². The van der Waals surface area contributed by atoms with Gasteiger partial charge in [0.15, 0.2) is 5.03 Å². The van der Waals surface area contributed by atoms with Crippen LogP contribution in [0.15, 0.2) is 5.03 Å². The predicted octanol–water partition coefficient (Wildman–Crippen LogP) is 0.200. The number of aryl methyl sites for hydroxylation is 1. The zero-order valence-electron chi connectivity index (χ0n) is 12.9. The smallest absolute Gasteiger partial charge is 0.260 e. The minimum Gasteiger partial charge on any atom is -0.313 e. The Bertz CT molecular complexity index is 561. The van der Waals surface area contributed by atoms with Crippen molar-refractivity contribution in [1.82, 2.24) is 25.1 Å². The molecule has 0 amide bonds. The molecule has 7 nitrogen and oxygen atoms in total. The maximum absolute atomic E-state index is 12.5. The van der Waals surface area contributed by atoms with Gasteiger partial charge in [-0.15, -0.1) is 0 Å². The summed E-state index contributed by atoms with van der Waals surface area (Å²) in [5.74, 6) is 0. The lowest BCUT2D eigenvalue weighted by atomic mass is 10.1. The molecule has 0 aliphatic carbocycles. The van der Waals surface area contributed by atoms with E-state index in [4.69, 9.17) is 0 Å². The van der Waals surface area contributed by atoms with Crippen LogP contribution in [0.3, 0.4) is 0 Å². The number of nitrogens with zero attached hydrogens (tertiary/aromatic N) is 2. The third-order valence-corrected chi connectivity index (χ3v) is 5.37. The van der Waals surface area contributed by atoms with Crippen LogP contribution in [-0.2, 0) is 16.6 Å². The predicted molar refractivity (Wildman–Crippen MR) is 81.5 cm³/mol. The van der Waals surface area contributed by atoms with Crippen molar-refractivity contribution >= 4 is 10.0 Å². The second kappa shape index (κ2) is 6.87. The summed E-state index contributed by atoms with van der Waals surface area (Å²) in [4.78, 5) is 2.21. The van der Waals surface area contributed by atoms with E-state index in [-0.39, 0.29) is 11.1 Å². The van der Waals surface area contributed by atoms with E-state index in [1.807, 2.05) is 13.8 Å². The summed E-state index contributed by atoms with van der Waals surface area (Å²) in [6.45, 7) is 6.94. The van der Waals surface area contributed by atoms with Crippen molar-refractivity contribution in [2.75, 3.05) is 26.7 Å². The van der Waals surface area contributed by atoms with Crippen molar-refractivity contribution < 1.29 is 8.42 Å². The zero-order chi connectivity index (χ0) is 15.5. The van der Waals surface area contributed by atoms with Gasteiger partial charge in [0.25, 0.3) is 10.0 Å². The minimum absolute atomic E-state index is 0.00445. The third-order valence-electron chi connectivity index (χ3n) is 3.88. The number of hydrogen-bond acceptors (Lipinski definition) is 5. The summed E-state index contributed by atoms with van der Waals surface area (Å²) >= 11 is 0. The monoisotopic (exact) mass is 315 g/mol. The maximum Gasteiger partial charge on any atom is 0.260 e. The van der Waals surface area contributed by atoms with E-state index in [1.54, 1.807) is 0 Å². The van der Waals surface area contributed by atoms with Crippen LogP contribution in [0.4, 0.5) is 0 Å². The normalized spacial score (nSPS) is 18.2. The maximum atomic E-state index is 12.5. The number of aromatic nitrogens is 2. The molecule has 0 spiro atoms. The molecule has 2 heterocycles. The highest BCUT2D eigenvalue weighted by Gasteiger charge is 2.28. The standard InChI is InChI=1S/C13H25N5O2S/c1-4-14-9-12-10(2)15-16-13(12)21(19,20)17-11-5-7-18(3)8-6-11/h11,14,17H,4-9H2,1-3H3,(H,15,16). The molecule has 1 saturated heterocycles. The van der Waals surface area contributed by atoms with Gasteiger partial charge in [0, 0.05) is 23.8 Å². The first-order valence-corrected chi connectivity index (χ1v) is 8.87. The molecule has 21 heavy (non-hydrogen) atoms. The first-order chi connectivity index (χ1) is 9.94. The molecule has 0 atom stereocenters. The SMILES string of the molecule is CCNCc1c(S(=O)(=O)NC2CCN(C)CC2)n[nH]c1C. The Morgan fingerprint density at radius 2 is 2.05 bits per heavy atom. The van der Waals surface area contributed by atoms with Gasteiger partial charge >= 0.3 is 0 Å². The summed E-state index contributed by atoms with van der Waals surface area (Å²) in [7, 11) is -1.52. The summed E-state index contributed by atoms with van der Waals surface area (Å²) in [6.07, 6.45) is 1.67. The summed E-state index contributed by atoms with van der Waals surface area (Å²) in [6, 6.07) is -0.00445. The van der Waals surface area contributed by atoms with Crippen molar-refractivity contribution in [3.63, 3.8) is 0 Å². The lowest BCUT2D eigenvalue weighted by Crippen LogP contribution is -2.43. The Morgan fingerprint density at radius 3 is 2.67 bits per heavy atom. The minimum atomic E-state index is -3.57. The molecular formula is C13H25N5O2S. The molecular weight excluding hydrogens is 290 g/mol. The highest BCUT2D eigenvalue weighted by atomic mass is 32.2. The van der Waals surface area contributed by atoms with Crippen molar-refractivity contribution in [3.8, 4) is 0 Å². The molecule has 8 heteroatoms. The van der Waals surface area contributed by atoms with Gasteiger partial charge in [-0.2, -0.15) is 5.10 Å². The number of hydrogen-bond donors (Lipinski definition) is 3. The van der Waals surface area contributed by atoms with Gasteiger partial charge in [-0.05, 0) is 46.4 Å². The number of H-pyrrole nitrogens is 1. The molecule has 1 aliphatic heterocycles. The number of rotatable bonds is 6. The third kappa shape index (κ3) is 4.03. The molecule has 0 unspecified atom stereocenters. The van der Waals surface area contributed by atoms with Gasteiger partial charge in [0.05, 0.1) is 0 Å². The first-order valence-electron chi connectivity index (χ1n) is 7.39. The Kier molecular flexibility index (Phi) is 5.37. The molecule has 0 aromatic carbocycles. The Balaban J connectivity index is 2.12. The van der Waals surface area contributed by atoms with Crippen LogP contribution in [0.25, 0.3) is 0 Å².